The van der Waals surface area contributed by atoms with E-state index in [4.69, 9.17) is 10.5 Å². The Morgan fingerprint density at radius 3 is 2.40 bits per heavy atom. The zero-order valence-electron chi connectivity index (χ0n) is 15.6. The van der Waals surface area contributed by atoms with Crippen LogP contribution in [0.1, 0.15) is 49.5 Å². The van der Waals surface area contributed by atoms with Crippen LogP contribution in [-0.2, 0) is 11.3 Å². The minimum Gasteiger partial charge on any atom is -0.373 e. The lowest BCUT2D eigenvalue weighted by molar-refractivity contribution is -0.0704. The summed E-state index contributed by atoms with van der Waals surface area (Å²) in [5.74, 6) is 0.125. The topological polar surface area (TPSA) is 58.8 Å². The summed E-state index contributed by atoms with van der Waals surface area (Å²) in [6.45, 7) is 9.90. The molecule has 0 saturated carbocycles. The molecule has 0 bridgehead atoms. The summed E-state index contributed by atoms with van der Waals surface area (Å²) in [6, 6.07) is 8.53. The van der Waals surface area contributed by atoms with E-state index in [9.17, 15) is 4.79 Å². The molecule has 0 radical (unpaired) electrons. The number of morpholine rings is 1. The van der Waals surface area contributed by atoms with E-state index in [0.717, 1.165) is 44.6 Å². The quantitative estimate of drug-likeness (QED) is 0.913. The van der Waals surface area contributed by atoms with Crippen LogP contribution in [0.2, 0.25) is 0 Å². The molecule has 25 heavy (non-hydrogen) atoms. The van der Waals surface area contributed by atoms with Crippen LogP contribution in [0.3, 0.4) is 0 Å². The first-order valence-electron chi connectivity index (χ1n) is 9.45. The molecule has 4 atom stereocenters. The number of ether oxygens (including phenoxy) is 1. The van der Waals surface area contributed by atoms with Crippen LogP contribution in [0, 0.1) is 0 Å². The van der Waals surface area contributed by atoms with Crippen molar-refractivity contribution in [1.29, 1.82) is 0 Å². The van der Waals surface area contributed by atoms with Crippen molar-refractivity contribution in [1.82, 2.24) is 9.80 Å². The number of hydrogen-bond donors (Lipinski definition) is 1. The maximum absolute atomic E-state index is 12.8. The number of carbonyl (C=O) groups excluding carboxylic acids is 1. The fraction of sp³-hybridized carbons (Fsp3) is 0.650. The number of nitrogens with zero attached hydrogens (tertiary/aromatic N) is 2. The molecule has 2 aliphatic rings. The summed E-state index contributed by atoms with van der Waals surface area (Å²) < 4.78 is 5.79. The molecule has 5 nitrogen and oxygen atoms in total. The maximum Gasteiger partial charge on any atom is 0.254 e. The number of amides is 1. The highest BCUT2D eigenvalue weighted by Gasteiger charge is 2.28. The lowest BCUT2D eigenvalue weighted by atomic mass is 9.98. The predicted octanol–water partition coefficient (Wildman–Crippen LogP) is 2.25. The monoisotopic (exact) mass is 345 g/mol. The Balaban J connectivity index is 1.61. The van der Waals surface area contributed by atoms with Gasteiger partial charge in [-0.05, 0) is 51.3 Å². The van der Waals surface area contributed by atoms with Gasteiger partial charge in [0.25, 0.3) is 5.91 Å². The largest absolute Gasteiger partial charge is 0.373 e. The van der Waals surface area contributed by atoms with Crippen molar-refractivity contribution in [3.63, 3.8) is 0 Å². The smallest absolute Gasteiger partial charge is 0.254 e. The number of piperidine rings is 1. The number of nitrogens with two attached hydrogens (primary N) is 1. The van der Waals surface area contributed by atoms with Crippen LogP contribution in [-0.4, -0.2) is 59.6 Å². The van der Waals surface area contributed by atoms with E-state index in [1.807, 2.05) is 17.0 Å². The van der Waals surface area contributed by atoms with Gasteiger partial charge in [0.15, 0.2) is 0 Å². The van der Waals surface area contributed by atoms with Gasteiger partial charge in [-0.2, -0.15) is 0 Å². The van der Waals surface area contributed by atoms with Gasteiger partial charge in [0.1, 0.15) is 0 Å². The summed E-state index contributed by atoms with van der Waals surface area (Å²) >= 11 is 0. The van der Waals surface area contributed by atoms with E-state index in [1.54, 1.807) is 0 Å². The van der Waals surface area contributed by atoms with Crippen LogP contribution in [0.4, 0.5) is 0 Å². The molecule has 0 spiro atoms. The Kier molecular flexibility index (Phi) is 5.77. The van der Waals surface area contributed by atoms with Crippen LogP contribution in [0.15, 0.2) is 24.3 Å². The number of likely N-dealkylation sites (tertiary alicyclic amines) is 1. The molecule has 0 aliphatic carbocycles. The minimum absolute atomic E-state index is 0.125. The molecule has 5 heteroatoms. The van der Waals surface area contributed by atoms with Crippen molar-refractivity contribution in [3.8, 4) is 0 Å². The van der Waals surface area contributed by atoms with Crippen molar-refractivity contribution >= 4 is 5.91 Å². The first-order valence-corrected chi connectivity index (χ1v) is 9.45. The number of hydrogen-bond acceptors (Lipinski definition) is 4. The predicted molar refractivity (Wildman–Crippen MR) is 99.4 cm³/mol. The van der Waals surface area contributed by atoms with Gasteiger partial charge in [-0.1, -0.05) is 12.1 Å². The number of carbonyl (C=O) groups is 1. The zero-order valence-corrected chi connectivity index (χ0v) is 15.6. The van der Waals surface area contributed by atoms with E-state index >= 15 is 0 Å². The van der Waals surface area contributed by atoms with Crippen molar-refractivity contribution < 1.29 is 9.53 Å². The normalized spacial score (nSPS) is 31.1. The minimum atomic E-state index is 0.125. The molecule has 3 rings (SSSR count). The summed E-state index contributed by atoms with van der Waals surface area (Å²) in [4.78, 5) is 17.1. The highest BCUT2D eigenvalue weighted by Crippen LogP contribution is 2.20. The van der Waals surface area contributed by atoms with E-state index in [0.29, 0.717) is 0 Å². The highest BCUT2D eigenvalue weighted by molar-refractivity contribution is 5.94. The second kappa shape index (κ2) is 7.85. The van der Waals surface area contributed by atoms with E-state index in [1.165, 1.54) is 5.56 Å². The second-order valence-electron chi connectivity index (χ2n) is 7.78. The van der Waals surface area contributed by atoms with Gasteiger partial charge in [-0.15, -0.1) is 0 Å². The Morgan fingerprint density at radius 2 is 1.80 bits per heavy atom. The van der Waals surface area contributed by atoms with Crippen LogP contribution >= 0.6 is 0 Å². The summed E-state index contributed by atoms with van der Waals surface area (Å²) in [6.07, 6.45) is 2.33. The summed E-state index contributed by atoms with van der Waals surface area (Å²) in [7, 11) is 0. The maximum atomic E-state index is 12.8. The van der Waals surface area contributed by atoms with Crippen molar-refractivity contribution in [2.75, 3.05) is 19.6 Å². The zero-order chi connectivity index (χ0) is 18.0. The molecular formula is C20H31N3O2. The summed E-state index contributed by atoms with van der Waals surface area (Å²) in [5.41, 5.74) is 8.02. The van der Waals surface area contributed by atoms with Crippen molar-refractivity contribution in [2.45, 2.75) is 64.4 Å². The number of benzene rings is 1. The second-order valence-corrected chi connectivity index (χ2v) is 7.78. The van der Waals surface area contributed by atoms with E-state index < -0.39 is 0 Å². The standard InChI is InChI=1S/C20H31N3O2/c1-14-10-19(21)8-9-23(14)20(24)18-6-4-17(5-7-18)13-22-11-15(2)25-16(3)12-22/h4-7,14-16,19H,8-13,21H2,1-3H3/t14-,15-,16+,19+/m1/s1. The molecule has 2 heterocycles. The van der Waals surface area contributed by atoms with E-state index in [-0.39, 0.29) is 30.2 Å². The van der Waals surface area contributed by atoms with Gasteiger partial charge in [-0.3, -0.25) is 9.69 Å². The molecule has 2 saturated heterocycles. The van der Waals surface area contributed by atoms with Gasteiger partial charge in [0.05, 0.1) is 12.2 Å². The SMILES string of the molecule is C[C@@H]1CN(Cc2ccc(C(=O)N3CC[C@H](N)C[C@H]3C)cc2)C[C@H](C)O1. The molecule has 2 N–H and O–H groups in total. The van der Waals surface area contributed by atoms with Crippen molar-refractivity contribution in [3.05, 3.63) is 35.4 Å². The van der Waals surface area contributed by atoms with Gasteiger partial charge in [0, 0.05) is 43.8 Å². The lowest BCUT2D eigenvalue weighted by Gasteiger charge is -2.36. The Bertz CT molecular complexity index is 579. The highest BCUT2D eigenvalue weighted by atomic mass is 16.5. The third kappa shape index (κ3) is 4.60. The van der Waals surface area contributed by atoms with Crippen molar-refractivity contribution in [2.24, 2.45) is 5.73 Å². The van der Waals surface area contributed by atoms with Gasteiger partial charge in [0.2, 0.25) is 0 Å². The van der Waals surface area contributed by atoms with Gasteiger partial charge < -0.3 is 15.4 Å². The Morgan fingerprint density at radius 1 is 1.16 bits per heavy atom. The molecule has 0 aromatic heterocycles. The Hall–Kier alpha value is -1.43. The average molecular weight is 345 g/mol. The molecule has 1 aromatic carbocycles. The molecule has 2 aliphatic heterocycles. The van der Waals surface area contributed by atoms with Crippen LogP contribution in [0.5, 0.6) is 0 Å². The van der Waals surface area contributed by atoms with Crippen LogP contribution < -0.4 is 5.73 Å². The fourth-order valence-corrected chi connectivity index (χ4v) is 4.10. The fourth-order valence-electron chi connectivity index (χ4n) is 4.10. The average Bonchev–Trinajstić information content (AvgIpc) is 2.54. The molecule has 0 unspecified atom stereocenters. The van der Waals surface area contributed by atoms with Gasteiger partial charge >= 0.3 is 0 Å². The molecule has 138 valence electrons. The molecule has 1 aromatic rings. The van der Waals surface area contributed by atoms with E-state index in [2.05, 4.69) is 37.8 Å². The third-order valence-corrected chi connectivity index (χ3v) is 5.28. The number of rotatable bonds is 3. The summed E-state index contributed by atoms with van der Waals surface area (Å²) in [5, 5.41) is 0. The third-order valence-electron chi connectivity index (χ3n) is 5.28. The molecular weight excluding hydrogens is 314 g/mol. The van der Waals surface area contributed by atoms with Crippen LogP contribution in [0.25, 0.3) is 0 Å². The molecule has 1 amide bonds. The Labute approximate surface area is 151 Å². The first-order chi connectivity index (χ1) is 11.9. The molecule has 2 fully saturated rings. The first kappa shape index (κ1) is 18.4. The lowest BCUT2D eigenvalue weighted by Crippen LogP contribution is -2.48. The van der Waals surface area contributed by atoms with Gasteiger partial charge in [-0.25, -0.2) is 0 Å².